The molecule has 0 fully saturated rings. The zero-order valence-corrected chi connectivity index (χ0v) is 11.9. The van der Waals surface area contributed by atoms with Crippen molar-refractivity contribution in [3.05, 3.63) is 63.5 Å². The van der Waals surface area contributed by atoms with Crippen LogP contribution in [0.25, 0.3) is 16.7 Å². The molecular formula is C16H12ClN3O. The molecule has 3 aromatic rings. The minimum atomic E-state index is -0.0246. The molecule has 4 rings (SSSR count). The summed E-state index contributed by atoms with van der Waals surface area (Å²) in [5.41, 5.74) is 3.10. The van der Waals surface area contributed by atoms with Crippen LogP contribution in [0.4, 0.5) is 5.69 Å². The van der Waals surface area contributed by atoms with Gasteiger partial charge >= 0.3 is 0 Å². The lowest BCUT2D eigenvalue weighted by Gasteiger charge is -2.13. The van der Waals surface area contributed by atoms with Gasteiger partial charge < -0.3 is 5.32 Å². The Morgan fingerprint density at radius 3 is 3.00 bits per heavy atom. The summed E-state index contributed by atoms with van der Waals surface area (Å²) in [6, 6.07) is 11.2. The Morgan fingerprint density at radius 1 is 1.24 bits per heavy atom. The molecular weight excluding hydrogens is 286 g/mol. The summed E-state index contributed by atoms with van der Waals surface area (Å²) in [6.07, 6.45) is 2.43. The molecule has 1 aliphatic rings. The van der Waals surface area contributed by atoms with E-state index in [-0.39, 0.29) is 5.56 Å². The van der Waals surface area contributed by atoms with E-state index < -0.39 is 0 Å². The van der Waals surface area contributed by atoms with Crippen molar-refractivity contribution in [2.75, 3.05) is 11.9 Å². The SMILES string of the molecule is O=c1c2c(c3cccnc3n1-c1cccc(Cl)c1)NCC2. The molecule has 21 heavy (non-hydrogen) atoms. The third-order valence-corrected chi connectivity index (χ3v) is 4.01. The average Bonchev–Trinajstić information content (AvgIpc) is 2.98. The van der Waals surface area contributed by atoms with E-state index in [1.54, 1.807) is 22.9 Å². The molecule has 5 heteroatoms. The Bertz CT molecular complexity index is 917. The molecule has 0 aliphatic carbocycles. The quantitative estimate of drug-likeness (QED) is 0.751. The number of pyridine rings is 2. The van der Waals surface area contributed by atoms with E-state index in [9.17, 15) is 4.79 Å². The van der Waals surface area contributed by atoms with Crippen LogP contribution in [0.3, 0.4) is 0 Å². The van der Waals surface area contributed by atoms with Crippen molar-refractivity contribution >= 4 is 28.3 Å². The van der Waals surface area contributed by atoms with Gasteiger partial charge in [0.1, 0.15) is 5.65 Å². The molecule has 0 unspecified atom stereocenters. The Kier molecular flexibility index (Phi) is 2.72. The number of nitrogens with zero attached hydrogens (tertiary/aromatic N) is 2. The fourth-order valence-corrected chi connectivity index (χ4v) is 3.06. The van der Waals surface area contributed by atoms with E-state index in [1.165, 1.54) is 0 Å². The van der Waals surface area contributed by atoms with Crippen LogP contribution in [0.2, 0.25) is 5.02 Å². The highest BCUT2D eigenvalue weighted by Gasteiger charge is 2.21. The minimum Gasteiger partial charge on any atom is -0.384 e. The van der Waals surface area contributed by atoms with E-state index in [0.29, 0.717) is 10.7 Å². The Hall–Kier alpha value is -2.33. The summed E-state index contributed by atoms with van der Waals surface area (Å²) in [5.74, 6) is 0. The molecule has 0 radical (unpaired) electrons. The Morgan fingerprint density at radius 2 is 2.14 bits per heavy atom. The summed E-state index contributed by atoms with van der Waals surface area (Å²) in [5, 5.41) is 4.86. The third kappa shape index (κ3) is 1.83. The number of halogens is 1. The smallest absolute Gasteiger partial charge is 0.262 e. The molecule has 104 valence electrons. The molecule has 2 aromatic heterocycles. The predicted octanol–water partition coefficient (Wildman–Crippen LogP) is 3.01. The van der Waals surface area contributed by atoms with Crippen LogP contribution in [0.15, 0.2) is 47.4 Å². The molecule has 0 saturated heterocycles. The van der Waals surface area contributed by atoms with Crippen molar-refractivity contribution in [1.29, 1.82) is 0 Å². The van der Waals surface area contributed by atoms with Crippen molar-refractivity contribution in [3.63, 3.8) is 0 Å². The fourth-order valence-electron chi connectivity index (χ4n) is 2.87. The van der Waals surface area contributed by atoms with Gasteiger partial charge in [0.05, 0.1) is 11.4 Å². The first-order chi connectivity index (χ1) is 10.3. The lowest BCUT2D eigenvalue weighted by atomic mass is 10.1. The predicted molar refractivity (Wildman–Crippen MR) is 84.5 cm³/mol. The van der Waals surface area contributed by atoms with E-state index >= 15 is 0 Å². The first-order valence-electron chi connectivity index (χ1n) is 6.78. The second-order valence-corrected chi connectivity index (χ2v) is 5.46. The highest BCUT2D eigenvalue weighted by atomic mass is 35.5. The minimum absolute atomic E-state index is 0.0246. The van der Waals surface area contributed by atoms with Crippen molar-refractivity contribution in [1.82, 2.24) is 9.55 Å². The van der Waals surface area contributed by atoms with Crippen LogP contribution in [0, 0.1) is 0 Å². The number of benzene rings is 1. The molecule has 0 atom stereocenters. The lowest BCUT2D eigenvalue weighted by molar-refractivity contribution is 0.974. The standard InChI is InChI=1S/C16H12ClN3O/c17-10-3-1-4-11(9-10)20-15-12(5-2-7-19-15)14-13(16(20)21)6-8-18-14/h1-5,7,9,18H,6,8H2. The number of hydrogen-bond acceptors (Lipinski definition) is 3. The summed E-state index contributed by atoms with van der Waals surface area (Å²) >= 11 is 6.07. The third-order valence-electron chi connectivity index (χ3n) is 3.77. The first-order valence-corrected chi connectivity index (χ1v) is 7.16. The molecule has 0 bridgehead atoms. The van der Waals surface area contributed by atoms with Crippen molar-refractivity contribution in [2.24, 2.45) is 0 Å². The molecule has 1 aliphatic heterocycles. The van der Waals surface area contributed by atoms with Gasteiger partial charge in [0.15, 0.2) is 0 Å². The van der Waals surface area contributed by atoms with Crippen molar-refractivity contribution in [3.8, 4) is 5.69 Å². The summed E-state index contributed by atoms with van der Waals surface area (Å²) < 4.78 is 1.65. The number of fused-ring (bicyclic) bond motifs is 3. The average molecular weight is 298 g/mol. The van der Waals surface area contributed by atoms with Gasteiger partial charge in [0.25, 0.3) is 5.56 Å². The first kappa shape index (κ1) is 12.4. The molecule has 0 amide bonds. The molecule has 0 spiro atoms. The topological polar surface area (TPSA) is 46.9 Å². The Balaban J connectivity index is 2.17. The molecule has 3 heterocycles. The van der Waals surface area contributed by atoms with Gasteiger partial charge in [-0.25, -0.2) is 4.98 Å². The van der Waals surface area contributed by atoms with Crippen molar-refractivity contribution in [2.45, 2.75) is 6.42 Å². The highest BCUT2D eigenvalue weighted by molar-refractivity contribution is 6.30. The van der Waals surface area contributed by atoms with Gasteiger partial charge in [0.2, 0.25) is 0 Å². The van der Waals surface area contributed by atoms with Gasteiger partial charge in [-0.2, -0.15) is 0 Å². The number of nitrogens with one attached hydrogen (secondary N) is 1. The van der Waals surface area contributed by atoms with Gasteiger partial charge in [-0.3, -0.25) is 9.36 Å². The van der Waals surface area contributed by atoms with Crippen LogP contribution >= 0.6 is 11.6 Å². The largest absolute Gasteiger partial charge is 0.384 e. The maximum absolute atomic E-state index is 12.8. The van der Waals surface area contributed by atoms with Crippen LogP contribution in [0.5, 0.6) is 0 Å². The zero-order valence-electron chi connectivity index (χ0n) is 11.1. The summed E-state index contributed by atoms with van der Waals surface area (Å²) in [7, 11) is 0. The second kappa shape index (κ2) is 4.60. The fraction of sp³-hybridized carbons (Fsp3) is 0.125. The summed E-state index contributed by atoms with van der Waals surface area (Å²) in [4.78, 5) is 17.2. The van der Waals surface area contributed by atoms with Crippen LogP contribution < -0.4 is 10.9 Å². The Labute approximate surface area is 126 Å². The van der Waals surface area contributed by atoms with Crippen LogP contribution in [-0.2, 0) is 6.42 Å². The molecule has 1 N–H and O–H groups in total. The van der Waals surface area contributed by atoms with Gasteiger partial charge in [-0.05, 0) is 36.8 Å². The zero-order chi connectivity index (χ0) is 14.4. The van der Waals surface area contributed by atoms with Crippen LogP contribution in [0.1, 0.15) is 5.56 Å². The number of hydrogen-bond donors (Lipinski definition) is 1. The van der Waals surface area contributed by atoms with Gasteiger partial charge in [-0.1, -0.05) is 17.7 Å². The van der Waals surface area contributed by atoms with Crippen molar-refractivity contribution < 1.29 is 0 Å². The molecule has 1 aromatic carbocycles. The molecule has 0 saturated carbocycles. The highest BCUT2D eigenvalue weighted by Crippen LogP contribution is 2.29. The molecule has 4 nitrogen and oxygen atoms in total. The maximum atomic E-state index is 12.8. The summed E-state index contributed by atoms with van der Waals surface area (Å²) in [6.45, 7) is 0.786. The van der Waals surface area contributed by atoms with Gasteiger partial charge in [0, 0.05) is 28.7 Å². The van der Waals surface area contributed by atoms with E-state index in [2.05, 4.69) is 10.3 Å². The van der Waals surface area contributed by atoms with E-state index in [1.807, 2.05) is 24.3 Å². The maximum Gasteiger partial charge on any atom is 0.262 e. The number of rotatable bonds is 1. The van der Waals surface area contributed by atoms with Gasteiger partial charge in [-0.15, -0.1) is 0 Å². The number of anilines is 1. The second-order valence-electron chi connectivity index (χ2n) is 5.03. The van der Waals surface area contributed by atoms with E-state index in [4.69, 9.17) is 11.6 Å². The number of aromatic nitrogens is 2. The van der Waals surface area contributed by atoms with E-state index in [0.717, 1.165) is 35.3 Å². The normalized spacial score (nSPS) is 13.2. The monoisotopic (exact) mass is 297 g/mol. The van der Waals surface area contributed by atoms with Crippen LogP contribution in [-0.4, -0.2) is 16.1 Å². The lowest BCUT2D eigenvalue weighted by Crippen LogP contribution is -2.22.